The van der Waals surface area contributed by atoms with Gasteiger partial charge in [0.2, 0.25) is 0 Å². The van der Waals surface area contributed by atoms with Gasteiger partial charge in [0, 0.05) is 11.1 Å². The van der Waals surface area contributed by atoms with E-state index in [1.807, 2.05) is 0 Å². The largest absolute Gasteiger partial charge is 0.478 e. The van der Waals surface area contributed by atoms with E-state index in [-0.39, 0.29) is 17.8 Å². The quantitative estimate of drug-likeness (QED) is 0.807. The Labute approximate surface area is 117 Å². The molecule has 3 N–H and O–H groups in total. The molecule has 0 aliphatic heterocycles. The molecule has 2 aromatic rings. The first kappa shape index (κ1) is 13.9. The molecular weight excluding hydrogens is 285 g/mol. The number of halogens is 1. The first-order chi connectivity index (χ1) is 9.56. The van der Waals surface area contributed by atoms with Crippen LogP contribution in [0.25, 0.3) is 0 Å². The molecule has 0 aliphatic rings. The Morgan fingerprint density at radius 1 is 1.40 bits per heavy atom. The number of benzene rings is 1. The van der Waals surface area contributed by atoms with Crippen molar-refractivity contribution in [3.8, 4) is 0 Å². The molecule has 1 aromatic carbocycles. The van der Waals surface area contributed by atoms with E-state index in [1.54, 1.807) is 11.7 Å². The smallest absolute Gasteiger partial charge is 0.335 e. The highest BCUT2D eigenvalue weighted by molar-refractivity contribution is 7.09. The van der Waals surface area contributed by atoms with Crippen LogP contribution in [0.2, 0.25) is 0 Å². The minimum atomic E-state index is -1.20. The Kier molecular flexibility index (Phi) is 4.26. The van der Waals surface area contributed by atoms with Gasteiger partial charge in [0.05, 0.1) is 23.3 Å². The van der Waals surface area contributed by atoms with Gasteiger partial charge in [-0.15, -0.1) is 11.3 Å². The van der Waals surface area contributed by atoms with Crippen molar-refractivity contribution in [2.75, 3.05) is 5.32 Å². The summed E-state index contributed by atoms with van der Waals surface area (Å²) in [6, 6.07) is 2.55. The number of rotatable bonds is 4. The highest BCUT2D eigenvalue weighted by atomic mass is 32.1. The maximum atomic E-state index is 13.5. The second-order valence-corrected chi connectivity index (χ2v) is 4.75. The number of carboxylic acids is 1. The first-order valence-electron chi connectivity index (χ1n) is 5.51. The summed E-state index contributed by atoms with van der Waals surface area (Å²) >= 11 is 1.38. The maximum absolute atomic E-state index is 13.5. The number of aromatic carboxylic acids is 1. The Bertz CT molecular complexity index is 631. The number of hydrogen-bond acceptors (Lipinski definition) is 4. The number of urea groups is 1. The molecule has 1 heterocycles. The predicted octanol–water partition coefficient (Wildman–Crippen LogP) is 2.30. The van der Waals surface area contributed by atoms with Crippen molar-refractivity contribution < 1.29 is 19.1 Å². The number of thiazole rings is 1. The summed E-state index contributed by atoms with van der Waals surface area (Å²) < 4.78 is 13.5. The summed E-state index contributed by atoms with van der Waals surface area (Å²) in [6.45, 7) is 0.261. The normalized spacial score (nSPS) is 10.1. The van der Waals surface area contributed by atoms with E-state index in [9.17, 15) is 14.0 Å². The van der Waals surface area contributed by atoms with Gasteiger partial charge in [-0.25, -0.2) is 14.0 Å². The molecule has 0 saturated heterocycles. The fourth-order valence-electron chi connectivity index (χ4n) is 1.42. The molecule has 8 heteroatoms. The van der Waals surface area contributed by atoms with Gasteiger partial charge in [-0.3, -0.25) is 4.98 Å². The number of anilines is 1. The monoisotopic (exact) mass is 295 g/mol. The van der Waals surface area contributed by atoms with Crippen LogP contribution in [0.15, 0.2) is 29.9 Å². The van der Waals surface area contributed by atoms with Crippen molar-refractivity contribution in [1.82, 2.24) is 10.3 Å². The van der Waals surface area contributed by atoms with Crippen LogP contribution in [0.1, 0.15) is 15.2 Å². The van der Waals surface area contributed by atoms with Gasteiger partial charge in [-0.05, 0) is 18.2 Å². The third-order valence-electron chi connectivity index (χ3n) is 2.37. The molecule has 1 aromatic heterocycles. The van der Waals surface area contributed by atoms with Gasteiger partial charge < -0.3 is 15.7 Å². The molecule has 0 atom stereocenters. The molecule has 0 radical (unpaired) electrons. The SMILES string of the molecule is O=C(NCc1cncs1)Nc1cc(C(=O)O)ccc1F. The van der Waals surface area contributed by atoms with Gasteiger partial charge in [-0.1, -0.05) is 0 Å². The fourth-order valence-corrected chi connectivity index (χ4v) is 1.95. The van der Waals surface area contributed by atoms with Crippen LogP contribution in [0, 0.1) is 5.82 Å². The lowest BCUT2D eigenvalue weighted by atomic mass is 10.2. The summed E-state index contributed by atoms with van der Waals surface area (Å²) in [5, 5.41) is 13.6. The van der Waals surface area contributed by atoms with Crippen molar-refractivity contribution in [2.45, 2.75) is 6.54 Å². The first-order valence-corrected chi connectivity index (χ1v) is 6.39. The second-order valence-electron chi connectivity index (χ2n) is 3.78. The molecule has 0 spiro atoms. The number of hydrogen-bond donors (Lipinski definition) is 3. The van der Waals surface area contributed by atoms with E-state index in [0.29, 0.717) is 0 Å². The number of carbonyl (C=O) groups excluding carboxylic acids is 1. The highest BCUT2D eigenvalue weighted by Gasteiger charge is 2.11. The summed E-state index contributed by atoms with van der Waals surface area (Å²) in [5.41, 5.74) is 1.33. The van der Waals surface area contributed by atoms with Crippen molar-refractivity contribution >= 4 is 29.0 Å². The molecule has 0 aliphatic carbocycles. The van der Waals surface area contributed by atoms with Gasteiger partial charge >= 0.3 is 12.0 Å². The summed E-state index contributed by atoms with van der Waals surface area (Å²) in [4.78, 5) is 27.1. The molecule has 20 heavy (non-hydrogen) atoms. The topological polar surface area (TPSA) is 91.3 Å². The molecule has 0 fully saturated rings. The standard InChI is InChI=1S/C12H10FN3O3S/c13-9-2-1-7(11(17)18)3-10(9)16-12(19)15-5-8-4-14-6-20-8/h1-4,6H,5H2,(H,17,18)(H2,15,16,19). The molecule has 0 saturated carbocycles. The summed E-state index contributed by atoms with van der Waals surface area (Å²) in [5.74, 6) is -1.90. The predicted molar refractivity (Wildman–Crippen MR) is 71.3 cm³/mol. The Balaban J connectivity index is 2.00. The highest BCUT2D eigenvalue weighted by Crippen LogP contribution is 2.16. The Morgan fingerprint density at radius 2 is 2.20 bits per heavy atom. The molecule has 0 unspecified atom stereocenters. The minimum Gasteiger partial charge on any atom is -0.478 e. The number of nitrogens with one attached hydrogen (secondary N) is 2. The third-order valence-corrected chi connectivity index (χ3v) is 3.15. The van der Waals surface area contributed by atoms with Crippen molar-refractivity contribution in [3.63, 3.8) is 0 Å². The molecule has 0 bridgehead atoms. The average molecular weight is 295 g/mol. The van der Waals surface area contributed by atoms with E-state index in [4.69, 9.17) is 5.11 Å². The molecule has 2 rings (SSSR count). The van der Waals surface area contributed by atoms with Gasteiger partial charge in [0.1, 0.15) is 5.82 Å². The lowest BCUT2D eigenvalue weighted by Crippen LogP contribution is -2.28. The lowest BCUT2D eigenvalue weighted by molar-refractivity contribution is 0.0697. The van der Waals surface area contributed by atoms with Gasteiger partial charge in [0.15, 0.2) is 0 Å². The van der Waals surface area contributed by atoms with E-state index >= 15 is 0 Å². The van der Waals surface area contributed by atoms with Crippen molar-refractivity contribution in [1.29, 1.82) is 0 Å². The molecule has 2 amide bonds. The van der Waals surface area contributed by atoms with Crippen LogP contribution in [0.5, 0.6) is 0 Å². The molecule has 6 nitrogen and oxygen atoms in total. The van der Waals surface area contributed by atoms with E-state index in [2.05, 4.69) is 15.6 Å². The van der Waals surface area contributed by atoms with Crippen LogP contribution in [0.3, 0.4) is 0 Å². The number of nitrogens with zero attached hydrogens (tertiary/aromatic N) is 1. The van der Waals surface area contributed by atoms with E-state index in [1.165, 1.54) is 11.3 Å². The molecular formula is C12H10FN3O3S. The van der Waals surface area contributed by atoms with Crippen molar-refractivity contribution in [3.05, 3.63) is 46.2 Å². The minimum absolute atomic E-state index is 0.107. The lowest BCUT2D eigenvalue weighted by Gasteiger charge is -2.08. The zero-order valence-corrected chi connectivity index (χ0v) is 10.9. The van der Waals surface area contributed by atoms with Crippen LogP contribution in [-0.2, 0) is 6.54 Å². The van der Waals surface area contributed by atoms with Crippen LogP contribution >= 0.6 is 11.3 Å². The third kappa shape index (κ3) is 3.51. The van der Waals surface area contributed by atoms with Crippen LogP contribution in [-0.4, -0.2) is 22.1 Å². The Morgan fingerprint density at radius 3 is 2.85 bits per heavy atom. The van der Waals surface area contributed by atoms with Gasteiger partial charge in [0.25, 0.3) is 0 Å². The van der Waals surface area contributed by atoms with Crippen LogP contribution < -0.4 is 10.6 Å². The number of amides is 2. The van der Waals surface area contributed by atoms with Gasteiger partial charge in [-0.2, -0.15) is 0 Å². The number of carbonyl (C=O) groups is 2. The Hall–Kier alpha value is -2.48. The second kappa shape index (κ2) is 6.11. The zero-order chi connectivity index (χ0) is 14.5. The van der Waals surface area contributed by atoms with Crippen LogP contribution in [0.4, 0.5) is 14.9 Å². The summed E-state index contributed by atoms with van der Waals surface area (Å²) in [6.07, 6.45) is 1.61. The van der Waals surface area contributed by atoms with Crippen molar-refractivity contribution in [2.24, 2.45) is 0 Å². The summed E-state index contributed by atoms with van der Waals surface area (Å²) in [7, 11) is 0. The fraction of sp³-hybridized carbons (Fsp3) is 0.0833. The maximum Gasteiger partial charge on any atom is 0.335 e. The average Bonchev–Trinajstić information content (AvgIpc) is 2.92. The zero-order valence-electron chi connectivity index (χ0n) is 10.1. The van der Waals surface area contributed by atoms with E-state index < -0.39 is 17.8 Å². The molecule has 104 valence electrons. The number of aromatic nitrogens is 1. The van der Waals surface area contributed by atoms with E-state index in [0.717, 1.165) is 23.1 Å². The number of carboxylic acid groups (broad SMARTS) is 1.